The first kappa shape index (κ1) is 13.9. The van der Waals surface area contributed by atoms with Gasteiger partial charge in [0.1, 0.15) is 11.6 Å². The summed E-state index contributed by atoms with van der Waals surface area (Å²) in [4.78, 5) is 8.86. The van der Waals surface area contributed by atoms with Crippen molar-refractivity contribution in [1.82, 2.24) is 9.97 Å². The molecule has 0 aliphatic carbocycles. The third-order valence-corrected chi connectivity index (χ3v) is 2.34. The molecule has 0 radical (unpaired) electrons. The first-order valence-electron chi connectivity index (χ1n) is 5.98. The number of anilines is 1. The smallest absolute Gasteiger partial charge is 0.143 e. The monoisotopic (exact) mass is 238 g/mol. The SMILES string of the molecule is COCCCc1nc(CC(C)C)cc(NN)n1. The minimum Gasteiger partial charge on any atom is -0.385 e. The average molecular weight is 238 g/mol. The largest absolute Gasteiger partial charge is 0.385 e. The maximum atomic E-state index is 5.41. The summed E-state index contributed by atoms with van der Waals surface area (Å²) in [5, 5.41) is 0. The lowest BCUT2D eigenvalue weighted by Crippen LogP contribution is -2.12. The topological polar surface area (TPSA) is 73.1 Å². The molecule has 0 bridgehead atoms. The Morgan fingerprint density at radius 3 is 2.76 bits per heavy atom. The van der Waals surface area contributed by atoms with Crippen molar-refractivity contribution in [3.8, 4) is 0 Å². The number of hydrogen-bond donors (Lipinski definition) is 2. The van der Waals surface area contributed by atoms with Crippen LogP contribution < -0.4 is 11.3 Å². The van der Waals surface area contributed by atoms with Gasteiger partial charge < -0.3 is 10.2 Å². The van der Waals surface area contributed by atoms with Crippen LogP contribution in [0.1, 0.15) is 31.8 Å². The Kier molecular flexibility index (Phi) is 5.86. The summed E-state index contributed by atoms with van der Waals surface area (Å²) in [7, 11) is 1.70. The van der Waals surface area contributed by atoms with Crippen LogP contribution in [0.2, 0.25) is 0 Å². The van der Waals surface area contributed by atoms with Gasteiger partial charge in [-0.2, -0.15) is 0 Å². The highest BCUT2D eigenvalue weighted by atomic mass is 16.5. The van der Waals surface area contributed by atoms with Crippen LogP contribution in [0.15, 0.2) is 6.07 Å². The Hall–Kier alpha value is -1.20. The molecule has 1 heterocycles. The molecule has 1 aromatic heterocycles. The molecule has 5 nitrogen and oxygen atoms in total. The molecule has 17 heavy (non-hydrogen) atoms. The number of nitrogens with one attached hydrogen (secondary N) is 1. The molecule has 0 spiro atoms. The quantitative estimate of drug-likeness (QED) is 0.428. The van der Waals surface area contributed by atoms with Gasteiger partial charge in [-0.15, -0.1) is 0 Å². The first-order chi connectivity index (χ1) is 8.15. The van der Waals surface area contributed by atoms with Crippen molar-refractivity contribution in [2.24, 2.45) is 11.8 Å². The summed E-state index contributed by atoms with van der Waals surface area (Å²) >= 11 is 0. The van der Waals surface area contributed by atoms with E-state index in [2.05, 4.69) is 29.2 Å². The summed E-state index contributed by atoms with van der Waals surface area (Å²) in [6.07, 6.45) is 2.68. The number of rotatable bonds is 7. The van der Waals surface area contributed by atoms with Crippen molar-refractivity contribution >= 4 is 5.82 Å². The van der Waals surface area contributed by atoms with Crippen LogP contribution in [0.25, 0.3) is 0 Å². The lowest BCUT2D eigenvalue weighted by atomic mass is 10.1. The molecule has 1 rings (SSSR count). The highest BCUT2D eigenvalue weighted by Crippen LogP contribution is 2.11. The molecule has 96 valence electrons. The van der Waals surface area contributed by atoms with E-state index in [4.69, 9.17) is 10.6 Å². The zero-order valence-corrected chi connectivity index (χ0v) is 10.9. The summed E-state index contributed by atoms with van der Waals surface area (Å²) in [6.45, 7) is 5.06. The highest BCUT2D eigenvalue weighted by molar-refractivity contribution is 5.34. The molecular weight excluding hydrogens is 216 g/mol. The number of nitrogen functional groups attached to an aromatic ring is 1. The number of aromatic nitrogens is 2. The van der Waals surface area contributed by atoms with Gasteiger partial charge >= 0.3 is 0 Å². The number of hydrogen-bond acceptors (Lipinski definition) is 5. The third kappa shape index (κ3) is 5.10. The zero-order chi connectivity index (χ0) is 12.7. The molecule has 5 heteroatoms. The van der Waals surface area contributed by atoms with Crippen LogP contribution in [0.5, 0.6) is 0 Å². The molecule has 0 aliphatic heterocycles. The number of nitrogens with zero attached hydrogens (tertiary/aromatic N) is 2. The van der Waals surface area contributed by atoms with Gasteiger partial charge in [0.15, 0.2) is 0 Å². The van der Waals surface area contributed by atoms with E-state index in [1.54, 1.807) is 7.11 Å². The van der Waals surface area contributed by atoms with Crippen LogP contribution in [0.3, 0.4) is 0 Å². The molecule has 0 saturated carbocycles. The fraction of sp³-hybridized carbons (Fsp3) is 0.667. The Balaban J connectivity index is 2.74. The Bertz CT molecular complexity index is 341. The summed E-state index contributed by atoms with van der Waals surface area (Å²) in [5.41, 5.74) is 3.63. The van der Waals surface area contributed by atoms with E-state index in [1.165, 1.54) is 0 Å². The maximum absolute atomic E-state index is 5.41. The van der Waals surface area contributed by atoms with Crippen molar-refractivity contribution in [3.05, 3.63) is 17.6 Å². The molecule has 0 unspecified atom stereocenters. The lowest BCUT2D eigenvalue weighted by Gasteiger charge is -2.09. The zero-order valence-electron chi connectivity index (χ0n) is 10.9. The highest BCUT2D eigenvalue weighted by Gasteiger charge is 2.06. The van der Waals surface area contributed by atoms with Crippen molar-refractivity contribution in [2.45, 2.75) is 33.1 Å². The standard InChI is InChI=1S/C12H22N4O/c1-9(2)7-10-8-12(16-13)15-11(14-10)5-4-6-17-3/h8-9H,4-7,13H2,1-3H3,(H,14,15,16). The predicted octanol–water partition coefficient (Wildman–Crippen LogP) is 1.54. The normalized spacial score (nSPS) is 10.9. The van der Waals surface area contributed by atoms with Crippen molar-refractivity contribution < 1.29 is 4.74 Å². The van der Waals surface area contributed by atoms with E-state index in [0.29, 0.717) is 11.7 Å². The van der Waals surface area contributed by atoms with Gasteiger partial charge in [-0.3, -0.25) is 0 Å². The van der Waals surface area contributed by atoms with Crippen molar-refractivity contribution in [2.75, 3.05) is 19.1 Å². The van der Waals surface area contributed by atoms with Crippen LogP contribution in [0.4, 0.5) is 5.82 Å². The summed E-state index contributed by atoms with van der Waals surface area (Å²) < 4.78 is 5.02. The Morgan fingerprint density at radius 1 is 1.41 bits per heavy atom. The number of nitrogens with two attached hydrogens (primary N) is 1. The van der Waals surface area contributed by atoms with E-state index < -0.39 is 0 Å². The van der Waals surface area contributed by atoms with E-state index in [9.17, 15) is 0 Å². The van der Waals surface area contributed by atoms with Crippen molar-refractivity contribution in [1.29, 1.82) is 0 Å². The lowest BCUT2D eigenvalue weighted by molar-refractivity contribution is 0.194. The molecule has 0 aromatic carbocycles. The Morgan fingerprint density at radius 2 is 2.18 bits per heavy atom. The second kappa shape index (κ2) is 7.19. The number of hydrazine groups is 1. The molecule has 0 amide bonds. The molecule has 1 aromatic rings. The molecular formula is C12H22N4O. The number of ether oxygens (including phenoxy) is 1. The van der Waals surface area contributed by atoms with Gasteiger partial charge in [-0.1, -0.05) is 13.8 Å². The summed E-state index contributed by atoms with van der Waals surface area (Å²) in [6, 6.07) is 1.90. The van der Waals surface area contributed by atoms with Gasteiger partial charge in [0.25, 0.3) is 0 Å². The van der Waals surface area contributed by atoms with E-state index >= 15 is 0 Å². The van der Waals surface area contributed by atoms with Gasteiger partial charge in [0.2, 0.25) is 0 Å². The number of methoxy groups -OCH3 is 1. The number of aryl methyl sites for hydroxylation is 1. The fourth-order valence-corrected chi connectivity index (χ4v) is 1.64. The minimum atomic E-state index is 0.572. The predicted molar refractivity (Wildman–Crippen MR) is 68.6 cm³/mol. The third-order valence-electron chi connectivity index (χ3n) is 2.34. The van der Waals surface area contributed by atoms with E-state index in [0.717, 1.165) is 37.4 Å². The van der Waals surface area contributed by atoms with Gasteiger partial charge in [0.05, 0.1) is 0 Å². The molecule has 3 N–H and O–H groups in total. The molecule has 0 atom stereocenters. The second-order valence-electron chi connectivity index (χ2n) is 4.50. The summed E-state index contributed by atoms with van der Waals surface area (Å²) in [5.74, 6) is 7.49. The van der Waals surface area contributed by atoms with Crippen LogP contribution in [-0.4, -0.2) is 23.7 Å². The first-order valence-corrected chi connectivity index (χ1v) is 5.98. The van der Waals surface area contributed by atoms with E-state index in [1.807, 2.05) is 6.07 Å². The molecule has 0 saturated heterocycles. The minimum absolute atomic E-state index is 0.572. The second-order valence-corrected chi connectivity index (χ2v) is 4.50. The van der Waals surface area contributed by atoms with Crippen molar-refractivity contribution in [3.63, 3.8) is 0 Å². The fourth-order valence-electron chi connectivity index (χ4n) is 1.64. The van der Waals surface area contributed by atoms with E-state index in [-0.39, 0.29) is 0 Å². The van der Waals surface area contributed by atoms with Gasteiger partial charge in [0, 0.05) is 31.9 Å². The average Bonchev–Trinajstić information content (AvgIpc) is 2.28. The Labute approximate surface area is 103 Å². The van der Waals surface area contributed by atoms with Gasteiger partial charge in [-0.05, 0) is 18.8 Å². The molecule has 0 fully saturated rings. The van der Waals surface area contributed by atoms with Crippen LogP contribution >= 0.6 is 0 Å². The molecule has 0 aliphatic rings. The maximum Gasteiger partial charge on any atom is 0.143 e. The van der Waals surface area contributed by atoms with Gasteiger partial charge in [-0.25, -0.2) is 15.8 Å². The van der Waals surface area contributed by atoms with Crippen LogP contribution in [0, 0.1) is 5.92 Å². The van der Waals surface area contributed by atoms with Crippen LogP contribution in [-0.2, 0) is 17.6 Å².